The minimum absolute atomic E-state index is 0.840. The number of nitrogens with zero attached hydrogens (tertiary/aromatic N) is 2. The lowest BCUT2D eigenvalue weighted by molar-refractivity contribution is 0.368. The first-order valence-electron chi connectivity index (χ1n) is 3.51. The third kappa shape index (κ3) is 7.14. The molecule has 1 heterocycles. The number of hydrogen-bond donors (Lipinski definition) is 0. The van der Waals surface area contributed by atoms with Gasteiger partial charge in [0.25, 0.3) is 0 Å². The molecule has 2 nitrogen and oxygen atoms in total. The van der Waals surface area contributed by atoms with E-state index >= 15 is 0 Å². The zero-order chi connectivity index (χ0) is 11.2. The van der Waals surface area contributed by atoms with Crippen molar-refractivity contribution in [3.8, 4) is 0 Å². The summed E-state index contributed by atoms with van der Waals surface area (Å²) in [7, 11) is -6.00. The zero-order valence-corrected chi connectivity index (χ0v) is 7.21. The molecule has 0 fully saturated rings. The van der Waals surface area contributed by atoms with Crippen molar-refractivity contribution < 1.29 is 17.3 Å². The van der Waals surface area contributed by atoms with Crippen molar-refractivity contribution in [2.45, 2.75) is 0 Å². The average Bonchev–Trinajstić information content (AvgIpc) is 2.51. The Labute approximate surface area is 78.7 Å². The third-order valence-electron chi connectivity index (χ3n) is 1.07. The number of halogens is 4. The molecule has 0 amide bonds. The highest BCUT2D eigenvalue weighted by molar-refractivity contribution is 6.50. The van der Waals surface area contributed by atoms with Crippen molar-refractivity contribution in [1.82, 2.24) is 9.55 Å². The fourth-order valence-corrected chi connectivity index (χ4v) is 0.534. The monoisotopic (exact) mass is 207 g/mol. The summed E-state index contributed by atoms with van der Waals surface area (Å²) in [5, 5.41) is 0. The predicted octanol–water partition coefficient (Wildman–Crippen LogP) is 2.84. The third-order valence-corrected chi connectivity index (χ3v) is 1.07. The summed E-state index contributed by atoms with van der Waals surface area (Å²) in [6.07, 6.45) is 6.89. The minimum atomic E-state index is -6.00. The van der Waals surface area contributed by atoms with Crippen LogP contribution in [-0.2, 0) is 0 Å². The SMILES string of the molecule is C=CC(=C)n1ccnc1.F[B-](F)(F)F. The Hall–Kier alpha value is -1.53. The Balaban J connectivity index is 0.000000292. The Morgan fingerprint density at radius 2 is 1.86 bits per heavy atom. The van der Waals surface area contributed by atoms with Gasteiger partial charge in [-0.15, -0.1) is 0 Å². The summed E-state index contributed by atoms with van der Waals surface area (Å²) in [4.78, 5) is 3.85. The first-order chi connectivity index (χ1) is 6.34. The van der Waals surface area contributed by atoms with Gasteiger partial charge in [-0.3, -0.25) is 0 Å². The van der Waals surface area contributed by atoms with Crippen LogP contribution in [0.25, 0.3) is 5.70 Å². The van der Waals surface area contributed by atoms with E-state index in [1.54, 1.807) is 23.2 Å². The second kappa shape index (κ2) is 5.26. The highest BCUT2D eigenvalue weighted by atomic mass is 19.5. The Morgan fingerprint density at radius 1 is 1.36 bits per heavy atom. The van der Waals surface area contributed by atoms with Gasteiger partial charge in [0.1, 0.15) is 0 Å². The standard InChI is InChI=1S/C7H8N2.BF4/c1-3-7(2)9-5-4-8-6-9;2-1(3,4)5/h3-6H,1-2H2;/q;-1. The molecule has 14 heavy (non-hydrogen) atoms. The van der Waals surface area contributed by atoms with Gasteiger partial charge in [0.2, 0.25) is 0 Å². The average molecular weight is 207 g/mol. The minimum Gasteiger partial charge on any atom is -0.418 e. The van der Waals surface area contributed by atoms with Crippen molar-refractivity contribution in [3.63, 3.8) is 0 Å². The maximum Gasteiger partial charge on any atom is 0.673 e. The van der Waals surface area contributed by atoms with Crippen LogP contribution in [0.1, 0.15) is 0 Å². The van der Waals surface area contributed by atoms with Gasteiger partial charge >= 0.3 is 7.25 Å². The van der Waals surface area contributed by atoms with E-state index in [0.29, 0.717) is 0 Å². The van der Waals surface area contributed by atoms with Gasteiger partial charge in [-0.2, -0.15) is 0 Å². The molecule has 0 saturated carbocycles. The number of hydrogen-bond acceptors (Lipinski definition) is 1. The lowest BCUT2D eigenvalue weighted by Gasteiger charge is -1.95. The highest BCUT2D eigenvalue weighted by Crippen LogP contribution is 2.06. The van der Waals surface area contributed by atoms with Gasteiger partial charge < -0.3 is 21.8 Å². The smallest absolute Gasteiger partial charge is 0.418 e. The molecular formula is C7H8BF4N2-. The van der Waals surface area contributed by atoms with Crippen molar-refractivity contribution in [1.29, 1.82) is 0 Å². The van der Waals surface area contributed by atoms with Gasteiger partial charge in [0.15, 0.2) is 0 Å². The molecule has 78 valence electrons. The molecule has 0 spiro atoms. The molecule has 0 bridgehead atoms. The van der Waals surface area contributed by atoms with E-state index in [4.69, 9.17) is 0 Å². The van der Waals surface area contributed by atoms with E-state index < -0.39 is 7.25 Å². The maximum absolute atomic E-state index is 9.75. The lowest BCUT2D eigenvalue weighted by Crippen LogP contribution is -2.02. The molecule has 0 atom stereocenters. The van der Waals surface area contributed by atoms with E-state index in [-0.39, 0.29) is 0 Å². The molecule has 0 unspecified atom stereocenters. The van der Waals surface area contributed by atoms with Crippen molar-refractivity contribution in [2.24, 2.45) is 0 Å². The first kappa shape index (κ1) is 12.5. The molecule has 0 aliphatic heterocycles. The van der Waals surface area contributed by atoms with Gasteiger partial charge in [0.05, 0.1) is 6.33 Å². The number of rotatable bonds is 2. The topological polar surface area (TPSA) is 17.8 Å². The van der Waals surface area contributed by atoms with Crippen LogP contribution in [-0.4, -0.2) is 16.8 Å². The summed E-state index contributed by atoms with van der Waals surface area (Å²) >= 11 is 0. The van der Waals surface area contributed by atoms with Gasteiger partial charge in [-0.05, 0) is 6.08 Å². The van der Waals surface area contributed by atoms with Crippen molar-refractivity contribution >= 4 is 13.0 Å². The lowest BCUT2D eigenvalue weighted by atomic mass is 10.3. The molecule has 1 rings (SSSR count). The molecule has 0 aliphatic rings. The van der Waals surface area contributed by atoms with E-state index in [1.165, 1.54) is 0 Å². The van der Waals surface area contributed by atoms with Crippen LogP contribution in [0, 0.1) is 0 Å². The summed E-state index contributed by atoms with van der Waals surface area (Å²) in [5.74, 6) is 0. The van der Waals surface area contributed by atoms with Crippen LogP contribution in [0.2, 0.25) is 0 Å². The van der Waals surface area contributed by atoms with Crippen LogP contribution in [0.15, 0.2) is 38.0 Å². The van der Waals surface area contributed by atoms with Crippen molar-refractivity contribution in [3.05, 3.63) is 38.0 Å². The number of aromatic nitrogens is 2. The number of allylic oxidation sites excluding steroid dienone is 2. The van der Waals surface area contributed by atoms with E-state index in [0.717, 1.165) is 5.70 Å². The summed E-state index contributed by atoms with van der Waals surface area (Å²) in [5.41, 5.74) is 0.840. The summed E-state index contributed by atoms with van der Waals surface area (Å²) in [6.45, 7) is 7.29. The molecule has 0 radical (unpaired) electrons. The zero-order valence-electron chi connectivity index (χ0n) is 7.21. The van der Waals surface area contributed by atoms with E-state index in [2.05, 4.69) is 18.1 Å². The Kier molecular flexibility index (Phi) is 4.68. The fourth-order valence-electron chi connectivity index (χ4n) is 0.534. The van der Waals surface area contributed by atoms with Crippen molar-refractivity contribution in [2.75, 3.05) is 0 Å². The van der Waals surface area contributed by atoms with Gasteiger partial charge in [0, 0.05) is 18.1 Å². The summed E-state index contributed by atoms with van der Waals surface area (Å²) in [6, 6.07) is 0. The fraction of sp³-hybridized carbons (Fsp3) is 0. The molecule has 1 aromatic heterocycles. The van der Waals surface area contributed by atoms with E-state index in [1.807, 2.05) is 6.20 Å². The Morgan fingerprint density at radius 3 is 2.14 bits per heavy atom. The molecule has 1 aromatic rings. The molecule has 7 heteroatoms. The quantitative estimate of drug-likeness (QED) is 0.414. The van der Waals surface area contributed by atoms with Crippen LogP contribution in [0.5, 0.6) is 0 Å². The largest absolute Gasteiger partial charge is 0.673 e. The first-order valence-corrected chi connectivity index (χ1v) is 3.51. The summed E-state index contributed by atoms with van der Waals surface area (Å²) < 4.78 is 40.8. The maximum atomic E-state index is 9.75. The van der Waals surface area contributed by atoms with Crippen LogP contribution >= 0.6 is 0 Å². The molecule has 0 aliphatic carbocycles. The van der Waals surface area contributed by atoms with Gasteiger partial charge in [-0.1, -0.05) is 13.2 Å². The van der Waals surface area contributed by atoms with E-state index in [9.17, 15) is 17.3 Å². The Bertz CT molecular complexity index is 285. The molecule has 0 N–H and O–H groups in total. The molecular weight excluding hydrogens is 199 g/mol. The normalized spacial score (nSPS) is 10.0. The number of imidazole rings is 1. The van der Waals surface area contributed by atoms with Gasteiger partial charge in [-0.25, -0.2) is 4.98 Å². The van der Waals surface area contributed by atoms with Crippen LogP contribution < -0.4 is 0 Å². The molecule has 0 saturated heterocycles. The highest BCUT2D eigenvalue weighted by Gasteiger charge is 2.20. The predicted molar refractivity (Wildman–Crippen MR) is 47.9 cm³/mol. The second-order valence-electron chi connectivity index (χ2n) is 2.16. The molecule has 0 aromatic carbocycles. The van der Waals surface area contributed by atoms with Crippen LogP contribution in [0.3, 0.4) is 0 Å². The second-order valence-corrected chi connectivity index (χ2v) is 2.16. The van der Waals surface area contributed by atoms with Crippen LogP contribution in [0.4, 0.5) is 17.3 Å².